The van der Waals surface area contributed by atoms with Crippen LogP contribution < -0.4 is 5.32 Å². The summed E-state index contributed by atoms with van der Waals surface area (Å²) in [5, 5.41) is 15.6. The third-order valence-corrected chi connectivity index (χ3v) is 3.82. The van der Waals surface area contributed by atoms with Crippen molar-refractivity contribution < 1.29 is 5.11 Å². The van der Waals surface area contributed by atoms with Gasteiger partial charge in [-0.25, -0.2) is 4.98 Å². The Hall–Kier alpha value is -1.61. The Morgan fingerprint density at radius 2 is 2.11 bits per heavy atom. The Labute approximate surface area is 107 Å². The van der Waals surface area contributed by atoms with Crippen molar-refractivity contribution in [2.24, 2.45) is 5.92 Å². The topological polar surface area (TPSA) is 45.1 Å². The summed E-state index contributed by atoms with van der Waals surface area (Å²) in [6.07, 6.45) is 4.87. The predicted molar refractivity (Wildman–Crippen MR) is 73.6 cm³/mol. The average Bonchev–Trinajstić information content (AvgIpc) is 2.82. The van der Waals surface area contributed by atoms with Crippen molar-refractivity contribution in [1.82, 2.24) is 4.98 Å². The molecule has 1 aromatic heterocycles. The largest absolute Gasteiger partial charge is 0.393 e. The van der Waals surface area contributed by atoms with Crippen LogP contribution in [0, 0.1) is 5.92 Å². The highest BCUT2D eigenvalue weighted by molar-refractivity contribution is 5.91. The Kier molecular flexibility index (Phi) is 3.15. The van der Waals surface area contributed by atoms with E-state index in [0.29, 0.717) is 5.92 Å². The SMILES string of the molecule is OC1CCCC1CNc1nccc2ccccc12. The fourth-order valence-electron chi connectivity index (χ4n) is 2.74. The molecular weight excluding hydrogens is 224 g/mol. The van der Waals surface area contributed by atoms with Crippen LogP contribution in [-0.2, 0) is 0 Å². The second-order valence-corrected chi connectivity index (χ2v) is 5.02. The van der Waals surface area contributed by atoms with Crippen LogP contribution in [0.5, 0.6) is 0 Å². The highest BCUT2D eigenvalue weighted by atomic mass is 16.3. The van der Waals surface area contributed by atoms with Crippen LogP contribution in [0.3, 0.4) is 0 Å². The second kappa shape index (κ2) is 4.94. The highest BCUT2D eigenvalue weighted by Crippen LogP contribution is 2.27. The molecule has 3 rings (SSSR count). The van der Waals surface area contributed by atoms with Crippen molar-refractivity contribution in [2.75, 3.05) is 11.9 Å². The van der Waals surface area contributed by atoms with Gasteiger partial charge in [0, 0.05) is 24.0 Å². The Morgan fingerprint density at radius 1 is 1.22 bits per heavy atom. The maximum absolute atomic E-state index is 9.82. The van der Waals surface area contributed by atoms with E-state index in [-0.39, 0.29) is 6.10 Å². The minimum atomic E-state index is -0.146. The Morgan fingerprint density at radius 3 is 2.94 bits per heavy atom. The summed E-state index contributed by atoms with van der Waals surface area (Å²) in [7, 11) is 0. The predicted octanol–water partition coefficient (Wildman–Crippen LogP) is 2.81. The number of rotatable bonds is 3. The molecule has 0 bridgehead atoms. The molecule has 94 valence electrons. The number of fused-ring (bicyclic) bond motifs is 1. The maximum atomic E-state index is 9.82. The lowest BCUT2D eigenvalue weighted by molar-refractivity contribution is 0.138. The first-order chi connectivity index (χ1) is 8.84. The van der Waals surface area contributed by atoms with E-state index in [2.05, 4.69) is 22.4 Å². The van der Waals surface area contributed by atoms with Crippen LogP contribution in [0.4, 0.5) is 5.82 Å². The Balaban J connectivity index is 1.78. The molecule has 1 heterocycles. The van der Waals surface area contributed by atoms with Gasteiger partial charge in [-0.05, 0) is 24.3 Å². The van der Waals surface area contributed by atoms with Crippen LogP contribution in [0.15, 0.2) is 36.5 Å². The first-order valence-corrected chi connectivity index (χ1v) is 6.60. The first kappa shape index (κ1) is 11.5. The summed E-state index contributed by atoms with van der Waals surface area (Å²) in [5.41, 5.74) is 0. The third kappa shape index (κ3) is 2.18. The summed E-state index contributed by atoms with van der Waals surface area (Å²) < 4.78 is 0. The van der Waals surface area contributed by atoms with Gasteiger partial charge in [-0.2, -0.15) is 0 Å². The number of nitrogens with one attached hydrogen (secondary N) is 1. The summed E-state index contributed by atoms with van der Waals surface area (Å²) in [4.78, 5) is 4.40. The zero-order chi connectivity index (χ0) is 12.4. The van der Waals surface area contributed by atoms with E-state index in [1.54, 1.807) is 0 Å². The molecule has 3 heteroatoms. The molecule has 1 aliphatic rings. The van der Waals surface area contributed by atoms with Crippen molar-refractivity contribution in [1.29, 1.82) is 0 Å². The first-order valence-electron chi connectivity index (χ1n) is 6.60. The number of aliphatic hydroxyl groups is 1. The van der Waals surface area contributed by atoms with Gasteiger partial charge in [0.25, 0.3) is 0 Å². The van der Waals surface area contributed by atoms with E-state index in [1.807, 2.05) is 24.4 Å². The molecule has 0 amide bonds. The number of pyridine rings is 1. The molecule has 0 radical (unpaired) electrons. The Bertz CT molecular complexity index is 536. The van der Waals surface area contributed by atoms with Crippen LogP contribution in [-0.4, -0.2) is 22.7 Å². The van der Waals surface area contributed by atoms with Gasteiger partial charge >= 0.3 is 0 Å². The average molecular weight is 242 g/mol. The molecule has 2 aromatic rings. The molecule has 2 atom stereocenters. The lowest BCUT2D eigenvalue weighted by Gasteiger charge is -2.16. The van der Waals surface area contributed by atoms with Crippen LogP contribution >= 0.6 is 0 Å². The van der Waals surface area contributed by atoms with Crippen molar-refractivity contribution >= 4 is 16.6 Å². The highest BCUT2D eigenvalue weighted by Gasteiger charge is 2.24. The number of anilines is 1. The van der Waals surface area contributed by atoms with Crippen molar-refractivity contribution in [3.8, 4) is 0 Å². The number of hydrogen-bond acceptors (Lipinski definition) is 3. The lowest BCUT2D eigenvalue weighted by Crippen LogP contribution is -2.22. The number of hydrogen-bond donors (Lipinski definition) is 2. The summed E-state index contributed by atoms with van der Waals surface area (Å²) in [5.74, 6) is 1.29. The fraction of sp³-hybridized carbons (Fsp3) is 0.400. The zero-order valence-electron chi connectivity index (χ0n) is 10.3. The summed E-state index contributed by atoms with van der Waals surface area (Å²) in [6, 6.07) is 10.2. The van der Waals surface area contributed by atoms with Crippen LogP contribution in [0.1, 0.15) is 19.3 Å². The van der Waals surface area contributed by atoms with Gasteiger partial charge in [-0.3, -0.25) is 0 Å². The number of aliphatic hydroxyl groups excluding tert-OH is 1. The second-order valence-electron chi connectivity index (χ2n) is 5.02. The molecule has 1 saturated carbocycles. The maximum Gasteiger partial charge on any atom is 0.133 e. The molecule has 18 heavy (non-hydrogen) atoms. The van der Waals surface area contributed by atoms with Crippen LogP contribution in [0.25, 0.3) is 10.8 Å². The van der Waals surface area contributed by atoms with Crippen LogP contribution in [0.2, 0.25) is 0 Å². The molecular formula is C15H18N2O. The van der Waals surface area contributed by atoms with Gasteiger partial charge in [0.1, 0.15) is 5.82 Å². The monoisotopic (exact) mass is 242 g/mol. The van der Waals surface area contributed by atoms with E-state index >= 15 is 0 Å². The van der Waals surface area contributed by atoms with Gasteiger partial charge in [0.05, 0.1) is 6.10 Å². The van der Waals surface area contributed by atoms with Crippen molar-refractivity contribution in [3.63, 3.8) is 0 Å². The summed E-state index contributed by atoms with van der Waals surface area (Å²) >= 11 is 0. The quantitative estimate of drug-likeness (QED) is 0.870. The molecule has 1 fully saturated rings. The number of nitrogens with zero attached hydrogens (tertiary/aromatic N) is 1. The minimum absolute atomic E-state index is 0.146. The molecule has 2 unspecified atom stereocenters. The zero-order valence-corrected chi connectivity index (χ0v) is 10.3. The standard InChI is InChI=1S/C15H18N2O/c18-14-7-3-5-12(14)10-17-15-13-6-2-1-4-11(13)8-9-16-15/h1-2,4,6,8-9,12,14,18H,3,5,7,10H2,(H,16,17). The van der Waals surface area contributed by atoms with E-state index in [4.69, 9.17) is 0 Å². The molecule has 0 aliphatic heterocycles. The molecule has 0 saturated heterocycles. The van der Waals surface area contributed by atoms with Gasteiger partial charge in [0.2, 0.25) is 0 Å². The van der Waals surface area contributed by atoms with Gasteiger partial charge in [0.15, 0.2) is 0 Å². The van der Waals surface area contributed by atoms with Crippen molar-refractivity contribution in [3.05, 3.63) is 36.5 Å². The van der Waals surface area contributed by atoms with E-state index < -0.39 is 0 Å². The third-order valence-electron chi connectivity index (χ3n) is 3.82. The van der Waals surface area contributed by atoms with Gasteiger partial charge in [-0.1, -0.05) is 30.7 Å². The number of aromatic nitrogens is 1. The molecule has 1 aromatic carbocycles. The van der Waals surface area contributed by atoms with Gasteiger partial charge in [-0.15, -0.1) is 0 Å². The number of benzene rings is 1. The van der Waals surface area contributed by atoms with E-state index in [9.17, 15) is 5.11 Å². The molecule has 1 aliphatic carbocycles. The lowest BCUT2D eigenvalue weighted by atomic mass is 10.1. The summed E-state index contributed by atoms with van der Waals surface area (Å²) in [6.45, 7) is 0.808. The minimum Gasteiger partial charge on any atom is -0.393 e. The van der Waals surface area contributed by atoms with E-state index in [0.717, 1.165) is 37.0 Å². The molecule has 0 spiro atoms. The van der Waals surface area contributed by atoms with Crippen molar-refractivity contribution in [2.45, 2.75) is 25.4 Å². The van der Waals surface area contributed by atoms with Gasteiger partial charge < -0.3 is 10.4 Å². The molecule has 2 N–H and O–H groups in total. The van der Waals surface area contributed by atoms with E-state index in [1.165, 1.54) is 5.39 Å². The smallest absolute Gasteiger partial charge is 0.133 e. The molecule has 3 nitrogen and oxygen atoms in total. The fourth-order valence-corrected chi connectivity index (χ4v) is 2.74. The normalized spacial score (nSPS) is 23.4.